The van der Waals surface area contributed by atoms with Gasteiger partial charge in [0.1, 0.15) is 10.7 Å². The number of halogens is 3. The van der Waals surface area contributed by atoms with E-state index in [0.29, 0.717) is 6.54 Å². The van der Waals surface area contributed by atoms with E-state index in [1.165, 1.54) is 4.31 Å². The maximum atomic E-state index is 13.3. The Kier molecular flexibility index (Phi) is 4.18. The van der Waals surface area contributed by atoms with Crippen molar-refractivity contribution >= 4 is 33.2 Å². The summed E-state index contributed by atoms with van der Waals surface area (Å²) in [6.45, 7) is 1.41. The molecule has 0 radical (unpaired) electrons. The summed E-state index contributed by atoms with van der Waals surface area (Å²) in [4.78, 5) is -0.189. The van der Waals surface area contributed by atoms with Gasteiger partial charge in [-0.15, -0.1) is 0 Å². The highest BCUT2D eigenvalue weighted by Crippen LogP contribution is 2.39. The molecule has 0 aliphatic carbocycles. The molecule has 2 fully saturated rings. The van der Waals surface area contributed by atoms with Gasteiger partial charge in [0.05, 0.1) is 10.0 Å². The summed E-state index contributed by atoms with van der Waals surface area (Å²) >= 11 is 11.9. The second-order valence-electron chi connectivity index (χ2n) is 5.41. The molecular weight excluding hydrogens is 338 g/mol. The lowest BCUT2D eigenvalue weighted by molar-refractivity contribution is 0.334. The van der Waals surface area contributed by atoms with E-state index < -0.39 is 15.8 Å². The maximum Gasteiger partial charge on any atom is 0.246 e. The molecule has 0 amide bonds. The lowest BCUT2D eigenvalue weighted by Gasteiger charge is -2.27. The molecule has 2 aliphatic rings. The van der Waals surface area contributed by atoms with Gasteiger partial charge in [0, 0.05) is 18.6 Å². The number of hydrogen-bond donors (Lipinski definition) is 1. The van der Waals surface area contributed by atoms with E-state index in [9.17, 15) is 12.8 Å². The van der Waals surface area contributed by atoms with Crippen LogP contribution in [0.4, 0.5) is 4.39 Å². The number of nitrogens with zero attached hydrogens (tertiary/aromatic N) is 1. The largest absolute Gasteiger partial charge is 0.315 e. The molecule has 21 heavy (non-hydrogen) atoms. The van der Waals surface area contributed by atoms with Gasteiger partial charge in [-0.3, -0.25) is 0 Å². The van der Waals surface area contributed by atoms with Crippen molar-refractivity contribution in [1.29, 1.82) is 0 Å². The van der Waals surface area contributed by atoms with Crippen LogP contribution in [0.1, 0.15) is 19.3 Å². The number of sulfonamides is 1. The Labute approximate surface area is 133 Å². The van der Waals surface area contributed by atoms with Crippen molar-refractivity contribution in [1.82, 2.24) is 9.62 Å². The van der Waals surface area contributed by atoms with Crippen LogP contribution in [-0.4, -0.2) is 37.9 Å². The minimum absolute atomic E-state index is 0.0489. The third-order valence-corrected chi connectivity index (χ3v) is 7.01. The van der Waals surface area contributed by atoms with E-state index in [-0.39, 0.29) is 27.0 Å². The Morgan fingerprint density at radius 2 is 1.76 bits per heavy atom. The van der Waals surface area contributed by atoms with E-state index in [2.05, 4.69) is 5.32 Å². The van der Waals surface area contributed by atoms with E-state index in [0.717, 1.165) is 37.9 Å². The zero-order valence-electron chi connectivity index (χ0n) is 11.2. The van der Waals surface area contributed by atoms with Crippen molar-refractivity contribution in [3.05, 3.63) is 28.0 Å². The minimum atomic E-state index is -3.84. The van der Waals surface area contributed by atoms with Gasteiger partial charge in [-0.1, -0.05) is 23.2 Å². The van der Waals surface area contributed by atoms with Crippen molar-refractivity contribution in [2.24, 2.45) is 0 Å². The van der Waals surface area contributed by atoms with Crippen LogP contribution in [0.2, 0.25) is 10.0 Å². The Bertz CT molecular complexity index is 631. The highest BCUT2D eigenvalue weighted by Gasteiger charge is 2.44. The Balaban J connectivity index is 2.09. The van der Waals surface area contributed by atoms with Gasteiger partial charge in [0.15, 0.2) is 0 Å². The first-order chi connectivity index (χ1) is 9.91. The van der Waals surface area contributed by atoms with Crippen molar-refractivity contribution < 1.29 is 12.8 Å². The predicted molar refractivity (Wildman–Crippen MR) is 79.7 cm³/mol. The van der Waals surface area contributed by atoms with Crippen LogP contribution < -0.4 is 5.32 Å². The second-order valence-corrected chi connectivity index (χ2v) is 8.01. The van der Waals surface area contributed by atoms with E-state index in [1.807, 2.05) is 0 Å². The van der Waals surface area contributed by atoms with Crippen LogP contribution in [0.5, 0.6) is 0 Å². The topological polar surface area (TPSA) is 49.4 Å². The number of benzene rings is 1. The molecule has 2 bridgehead atoms. The average Bonchev–Trinajstić information content (AvgIpc) is 2.61. The highest BCUT2D eigenvalue weighted by atomic mass is 35.5. The van der Waals surface area contributed by atoms with Crippen LogP contribution in [-0.2, 0) is 10.0 Å². The molecular formula is C13H15Cl2FN2O2S. The fourth-order valence-corrected chi connectivity index (χ4v) is 6.25. The van der Waals surface area contributed by atoms with Gasteiger partial charge < -0.3 is 5.32 Å². The monoisotopic (exact) mass is 352 g/mol. The third-order valence-electron chi connectivity index (χ3n) is 4.09. The molecule has 2 aliphatic heterocycles. The quantitative estimate of drug-likeness (QED) is 0.889. The summed E-state index contributed by atoms with van der Waals surface area (Å²) in [6, 6.07) is 1.82. The van der Waals surface area contributed by atoms with Crippen LogP contribution in [0.15, 0.2) is 17.0 Å². The van der Waals surface area contributed by atoms with Crippen molar-refractivity contribution in [2.75, 3.05) is 13.1 Å². The zero-order valence-corrected chi connectivity index (χ0v) is 13.5. The molecule has 4 nitrogen and oxygen atoms in total. The van der Waals surface area contributed by atoms with E-state index in [1.54, 1.807) is 0 Å². The smallest absolute Gasteiger partial charge is 0.246 e. The summed E-state index contributed by atoms with van der Waals surface area (Å²) in [7, 11) is -3.84. The Morgan fingerprint density at radius 3 is 2.43 bits per heavy atom. The number of rotatable bonds is 2. The molecule has 0 saturated carbocycles. The molecule has 1 aromatic rings. The van der Waals surface area contributed by atoms with Crippen LogP contribution in [0, 0.1) is 5.82 Å². The molecule has 2 unspecified atom stereocenters. The standard InChI is InChI=1S/C13H15Cl2FN2O2S/c14-11-5-8(16)6-12(15)13(11)21(19,20)18-9-1-2-10(18)7-17-4-3-9/h5-6,9-10,17H,1-4,7H2. The van der Waals surface area contributed by atoms with Gasteiger partial charge in [-0.2, -0.15) is 4.31 Å². The normalized spacial score (nSPS) is 26.8. The third kappa shape index (κ3) is 2.68. The average molecular weight is 353 g/mol. The fourth-order valence-electron chi connectivity index (χ4n) is 3.21. The minimum Gasteiger partial charge on any atom is -0.315 e. The predicted octanol–water partition coefficient (Wildman–Crippen LogP) is 2.65. The summed E-state index contributed by atoms with van der Waals surface area (Å²) in [5, 5.41) is 2.90. The fraction of sp³-hybridized carbons (Fsp3) is 0.538. The van der Waals surface area contributed by atoms with Crippen LogP contribution in [0.3, 0.4) is 0 Å². The lowest BCUT2D eigenvalue weighted by atomic mass is 10.1. The first-order valence-corrected chi connectivity index (χ1v) is 8.99. The first-order valence-electron chi connectivity index (χ1n) is 6.80. The molecule has 8 heteroatoms. The number of hydrogen-bond acceptors (Lipinski definition) is 3. The van der Waals surface area contributed by atoms with Crippen LogP contribution >= 0.6 is 23.2 Å². The molecule has 2 heterocycles. The van der Waals surface area contributed by atoms with Crippen molar-refractivity contribution in [2.45, 2.75) is 36.2 Å². The first kappa shape index (κ1) is 15.5. The Hall–Kier alpha value is -0.400. The van der Waals surface area contributed by atoms with Gasteiger partial charge in [-0.05, 0) is 37.9 Å². The number of fused-ring (bicyclic) bond motifs is 2. The molecule has 2 atom stereocenters. The molecule has 3 rings (SSSR count). The van der Waals surface area contributed by atoms with E-state index >= 15 is 0 Å². The molecule has 0 spiro atoms. The zero-order chi connectivity index (χ0) is 15.2. The lowest BCUT2D eigenvalue weighted by Crippen LogP contribution is -2.42. The Morgan fingerprint density at radius 1 is 1.14 bits per heavy atom. The summed E-state index contributed by atoms with van der Waals surface area (Å²) < 4.78 is 40.7. The highest BCUT2D eigenvalue weighted by molar-refractivity contribution is 7.89. The van der Waals surface area contributed by atoms with Crippen LogP contribution in [0.25, 0.3) is 0 Å². The van der Waals surface area contributed by atoms with Gasteiger partial charge in [-0.25, -0.2) is 12.8 Å². The summed E-state index contributed by atoms with van der Waals surface area (Å²) in [5.74, 6) is -0.649. The second kappa shape index (κ2) is 5.66. The van der Waals surface area contributed by atoms with Crippen molar-refractivity contribution in [3.63, 3.8) is 0 Å². The number of nitrogens with one attached hydrogen (secondary N) is 1. The molecule has 2 saturated heterocycles. The molecule has 1 N–H and O–H groups in total. The van der Waals surface area contributed by atoms with E-state index in [4.69, 9.17) is 23.2 Å². The van der Waals surface area contributed by atoms with Gasteiger partial charge >= 0.3 is 0 Å². The van der Waals surface area contributed by atoms with Crippen molar-refractivity contribution in [3.8, 4) is 0 Å². The van der Waals surface area contributed by atoms with Gasteiger partial charge in [0.25, 0.3) is 0 Å². The molecule has 116 valence electrons. The maximum absolute atomic E-state index is 13.3. The summed E-state index contributed by atoms with van der Waals surface area (Å²) in [5.41, 5.74) is 0. The SMILES string of the molecule is O=S(=O)(c1c(Cl)cc(F)cc1Cl)N1C2CCNCC1CC2. The molecule has 1 aromatic carbocycles. The van der Waals surface area contributed by atoms with Gasteiger partial charge in [0.2, 0.25) is 10.0 Å². The molecule has 0 aromatic heterocycles. The summed E-state index contributed by atoms with van der Waals surface area (Å²) in [6.07, 6.45) is 2.40.